The van der Waals surface area contributed by atoms with Crippen LogP contribution in [0.2, 0.25) is 0 Å². The fraction of sp³-hybridized carbons (Fsp3) is 0.111. The van der Waals surface area contributed by atoms with E-state index in [9.17, 15) is 0 Å². The molecule has 56 valence electrons. The Balaban J connectivity index is 2.53. The van der Waals surface area contributed by atoms with Crippen molar-refractivity contribution in [2.24, 2.45) is 0 Å². The van der Waals surface area contributed by atoms with Crippen molar-refractivity contribution in [2.75, 3.05) is 5.73 Å². The molecule has 11 heavy (non-hydrogen) atoms. The van der Waals surface area contributed by atoms with Gasteiger partial charge in [0, 0.05) is 12.2 Å². The molecule has 1 aliphatic rings. The Bertz CT molecular complexity index is 302. The van der Waals surface area contributed by atoms with Crippen LogP contribution < -0.4 is 11.1 Å². The summed E-state index contributed by atoms with van der Waals surface area (Å²) in [4.78, 5) is 0. The Kier molecular flexibility index (Phi) is 1.32. The summed E-state index contributed by atoms with van der Waals surface area (Å²) in [5.41, 5.74) is 9.00. The summed E-state index contributed by atoms with van der Waals surface area (Å²) >= 11 is 0. The monoisotopic (exact) mass is 146 g/mol. The minimum absolute atomic E-state index is 0.834. The molecule has 0 radical (unpaired) electrons. The van der Waals surface area contributed by atoms with Gasteiger partial charge in [-0.3, -0.25) is 0 Å². The van der Waals surface area contributed by atoms with E-state index < -0.39 is 0 Å². The van der Waals surface area contributed by atoms with Crippen LogP contribution >= 0.6 is 0 Å². The van der Waals surface area contributed by atoms with Crippen LogP contribution in [-0.4, -0.2) is 0 Å². The van der Waals surface area contributed by atoms with E-state index in [0.717, 1.165) is 12.2 Å². The highest BCUT2D eigenvalue weighted by atomic mass is 14.8. The van der Waals surface area contributed by atoms with Gasteiger partial charge in [0.05, 0.1) is 0 Å². The average molecular weight is 146 g/mol. The molecular formula is C9H10N2. The van der Waals surface area contributed by atoms with Crippen LogP contribution in [-0.2, 0) is 6.54 Å². The van der Waals surface area contributed by atoms with E-state index in [-0.39, 0.29) is 0 Å². The first-order chi connectivity index (χ1) is 5.36. The molecule has 1 aromatic rings. The summed E-state index contributed by atoms with van der Waals surface area (Å²) in [6.45, 7) is 0.886. The van der Waals surface area contributed by atoms with Crippen LogP contribution in [0.25, 0.3) is 6.08 Å². The molecule has 0 bridgehead atoms. The van der Waals surface area contributed by atoms with Gasteiger partial charge < -0.3 is 11.1 Å². The number of hydrogen-bond donors (Lipinski definition) is 2. The number of nitrogen functional groups attached to an aromatic ring is 1. The molecule has 2 nitrogen and oxygen atoms in total. The summed E-state index contributed by atoms with van der Waals surface area (Å²) in [6.07, 6.45) is 4.01. The van der Waals surface area contributed by atoms with Crippen molar-refractivity contribution in [1.29, 1.82) is 0 Å². The lowest BCUT2D eigenvalue weighted by Gasteiger charge is -2.11. The second-order valence-corrected chi connectivity index (χ2v) is 2.67. The van der Waals surface area contributed by atoms with Crippen LogP contribution in [0.3, 0.4) is 0 Å². The van der Waals surface area contributed by atoms with Crippen LogP contribution in [0, 0.1) is 0 Å². The normalized spacial score (nSPS) is 13.8. The molecule has 0 saturated carbocycles. The fourth-order valence-corrected chi connectivity index (χ4v) is 1.26. The third kappa shape index (κ3) is 1.07. The van der Waals surface area contributed by atoms with Gasteiger partial charge in [-0.05, 0) is 35.5 Å². The SMILES string of the molecule is Nc1ccc2c(c1)CNC=C2. The number of fused-ring (bicyclic) bond motifs is 1. The molecule has 2 rings (SSSR count). The van der Waals surface area contributed by atoms with E-state index in [1.54, 1.807) is 0 Å². The summed E-state index contributed by atoms with van der Waals surface area (Å²) in [7, 11) is 0. The molecule has 3 N–H and O–H groups in total. The largest absolute Gasteiger partial charge is 0.399 e. The summed E-state index contributed by atoms with van der Waals surface area (Å²) in [5, 5.41) is 3.13. The number of hydrogen-bond acceptors (Lipinski definition) is 2. The van der Waals surface area contributed by atoms with E-state index >= 15 is 0 Å². The zero-order valence-electron chi connectivity index (χ0n) is 6.17. The molecule has 0 fully saturated rings. The first-order valence-electron chi connectivity index (χ1n) is 3.64. The Morgan fingerprint density at radius 1 is 1.36 bits per heavy atom. The van der Waals surface area contributed by atoms with E-state index in [2.05, 4.69) is 11.4 Å². The lowest BCUT2D eigenvalue weighted by atomic mass is 10.0. The first-order valence-corrected chi connectivity index (χ1v) is 3.64. The van der Waals surface area contributed by atoms with Crippen molar-refractivity contribution < 1.29 is 0 Å². The summed E-state index contributed by atoms with van der Waals surface area (Å²) in [5.74, 6) is 0. The first kappa shape index (κ1) is 6.28. The molecule has 1 aromatic carbocycles. The Morgan fingerprint density at radius 2 is 2.27 bits per heavy atom. The number of nitrogens with one attached hydrogen (secondary N) is 1. The van der Waals surface area contributed by atoms with E-state index in [4.69, 9.17) is 5.73 Å². The van der Waals surface area contributed by atoms with Crippen LogP contribution in [0.4, 0.5) is 5.69 Å². The zero-order chi connectivity index (χ0) is 7.68. The Hall–Kier alpha value is -1.44. The summed E-state index contributed by atoms with van der Waals surface area (Å²) < 4.78 is 0. The van der Waals surface area contributed by atoms with Gasteiger partial charge in [0.25, 0.3) is 0 Å². The van der Waals surface area contributed by atoms with Crippen molar-refractivity contribution in [1.82, 2.24) is 5.32 Å². The average Bonchev–Trinajstić information content (AvgIpc) is 2.04. The molecule has 0 aromatic heterocycles. The molecule has 0 aliphatic carbocycles. The van der Waals surface area contributed by atoms with Crippen molar-refractivity contribution in [3.05, 3.63) is 35.5 Å². The number of benzene rings is 1. The maximum absolute atomic E-state index is 5.63. The fourth-order valence-electron chi connectivity index (χ4n) is 1.26. The maximum atomic E-state index is 5.63. The minimum Gasteiger partial charge on any atom is -0.399 e. The van der Waals surface area contributed by atoms with Gasteiger partial charge in [-0.15, -0.1) is 0 Å². The van der Waals surface area contributed by atoms with Crippen LogP contribution in [0.15, 0.2) is 24.4 Å². The van der Waals surface area contributed by atoms with Gasteiger partial charge in [-0.1, -0.05) is 6.07 Å². The Labute approximate surface area is 65.7 Å². The number of anilines is 1. The van der Waals surface area contributed by atoms with E-state index in [1.165, 1.54) is 11.1 Å². The van der Waals surface area contributed by atoms with Gasteiger partial charge in [0.2, 0.25) is 0 Å². The van der Waals surface area contributed by atoms with Crippen molar-refractivity contribution >= 4 is 11.8 Å². The van der Waals surface area contributed by atoms with Crippen LogP contribution in [0.5, 0.6) is 0 Å². The second-order valence-electron chi connectivity index (χ2n) is 2.67. The smallest absolute Gasteiger partial charge is 0.0402 e. The third-order valence-electron chi connectivity index (χ3n) is 1.84. The number of rotatable bonds is 0. The highest BCUT2D eigenvalue weighted by Gasteiger charge is 2.02. The predicted octanol–water partition coefficient (Wildman–Crippen LogP) is 1.34. The lowest BCUT2D eigenvalue weighted by Crippen LogP contribution is -2.10. The van der Waals surface area contributed by atoms with Crippen molar-refractivity contribution in [3.63, 3.8) is 0 Å². The van der Waals surface area contributed by atoms with E-state index in [1.807, 2.05) is 24.4 Å². The maximum Gasteiger partial charge on any atom is 0.0402 e. The van der Waals surface area contributed by atoms with Gasteiger partial charge >= 0.3 is 0 Å². The van der Waals surface area contributed by atoms with Gasteiger partial charge in [0.1, 0.15) is 0 Å². The molecule has 2 heteroatoms. The summed E-state index contributed by atoms with van der Waals surface area (Å²) in [6, 6.07) is 5.97. The molecule has 1 aliphatic heterocycles. The van der Waals surface area contributed by atoms with Crippen molar-refractivity contribution in [3.8, 4) is 0 Å². The minimum atomic E-state index is 0.834. The standard InChI is InChI=1S/C9H10N2/c10-9-2-1-7-3-4-11-6-8(7)5-9/h1-5,11H,6,10H2. The van der Waals surface area contributed by atoms with Crippen molar-refractivity contribution in [2.45, 2.75) is 6.54 Å². The second kappa shape index (κ2) is 2.31. The zero-order valence-corrected chi connectivity index (χ0v) is 6.17. The topological polar surface area (TPSA) is 38.0 Å². The van der Waals surface area contributed by atoms with Gasteiger partial charge in [-0.25, -0.2) is 0 Å². The number of nitrogens with two attached hydrogens (primary N) is 1. The third-order valence-corrected chi connectivity index (χ3v) is 1.84. The predicted molar refractivity (Wildman–Crippen MR) is 46.7 cm³/mol. The molecular weight excluding hydrogens is 136 g/mol. The van der Waals surface area contributed by atoms with E-state index in [0.29, 0.717) is 0 Å². The molecule has 0 spiro atoms. The highest BCUT2D eigenvalue weighted by Crippen LogP contribution is 2.17. The Morgan fingerprint density at radius 3 is 3.18 bits per heavy atom. The van der Waals surface area contributed by atoms with Gasteiger partial charge in [0.15, 0.2) is 0 Å². The molecule has 0 atom stereocenters. The quantitative estimate of drug-likeness (QED) is 0.542. The van der Waals surface area contributed by atoms with Crippen LogP contribution in [0.1, 0.15) is 11.1 Å². The molecule has 0 saturated heterocycles. The molecule has 0 amide bonds. The lowest BCUT2D eigenvalue weighted by molar-refractivity contribution is 0.859. The molecule has 1 heterocycles. The molecule has 0 unspecified atom stereocenters. The highest BCUT2D eigenvalue weighted by molar-refractivity contribution is 5.59. The van der Waals surface area contributed by atoms with Gasteiger partial charge in [-0.2, -0.15) is 0 Å².